The van der Waals surface area contributed by atoms with Gasteiger partial charge in [-0.3, -0.25) is 23.4 Å². The first-order valence-electron chi connectivity index (χ1n) is 8.67. The van der Waals surface area contributed by atoms with E-state index in [1.165, 1.54) is 27.9 Å². The fourth-order valence-corrected chi connectivity index (χ4v) is 6.55. The molecule has 6 atom stereocenters. The summed E-state index contributed by atoms with van der Waals surface area (Å²) < 4.78 is 46.1. The number of rotatable bonds is 9. The molecule has 1 saturated heterocycles. The largest absolute Gasteiger partial charge is 0.472 e. The summed E-state index contributed by atoms with van der Waals surface area (Å²) in [5.41, 5.74) is -1.49. The van der Waals surface area contributed by atoms with Crippen LogP contribution in [-0.4, -0.2) is 61.0 Å². The highest BCUT2D eigenvalue weighted by Gasteiger charge is 2.53. The van der Waals surface area contributed by atoms with Crippen molar-refractivity contribution < 1.29 is 42.3 Å². The molecule has 0 saturated carbocycles. The zero-order valence-electron chi connectivity index (χ0n) is 16.5. The molecule has 0 amide bonds. The zero-order chi connectivity index (χ0) is 22.9. The Balaban J connectivity index is 2.46. The molecule has 172 valence electrons. The SMILES string of the molecule is COC1C(OP(=O)(O)OC(C)C)[C@@H](C(C)SP(=O)(O)O)O[C@H]1n1ccc(=O)[nH]c1=O. The summed E-state index contributed by atoms with van der Waals surface area (Å²) in [5, 5.41) is -0.948. The second-order valence-corrected chi connectivity index (χ2v) is 12.1. The Morgan fingerprint density at radius 1 is 1.20 bits per heavy atom. The van der Waals surface area contributed by atoms with Gasteiger partial charge in [-0.15, -0.1) is 0 Å². The number of aromatic nitrogens is 2. The molecule has 0 aliphatic carbocycles. The van der Waals surface area contributed by atoms with Crippen LogP contribution in [0.1, 0.15) is 27.0 Å². The molecule has 13 nitrogen and oxygen atoms in total. The topological polar surface area (TPSA) is 187 Å². The molecule has 1 aliphatic rings. The summed E-state index contributed by atoms with van der Waals surface area (Å²) in [5.74, 6) is 0. The minimum atomic E-state index is -4.62. The third-order valence-corrected chi connectivity index (χ3v) is 7.88. The number of hydrogen-bond donors (Lipinski definition) is 4. The van der Waals surface area contributed by atoms with Gasteiger partial charge in [0.05, 0.1) is 6.10 Å². The molecule has 0 radical (unpaired) electrons. The van der Waals surface area contributed by atoms with Gasteiger partial charge >= 0.3 is 20.3 Å². The van der Waals surface area contributed by atoms with Crippen LogP contribution < -0.4 is 11.2 Å². The highest BCUT2D eigenvalue weighted by atomic mass is 32.7. The average molecular weight is 490 g/mol. The number of nitrogens with one attached hydrogen (secondary N) is 1. The quantitative estimate of drug-likeness (QED) is 0.353. The Morgan fingerprint density at radius 2 is 1.83 bits per heavy atom. The second kappa shape index (κ2) is 9.78. The van der Waals surface area contributed by atoms with Crippen LogP contribution in [0.2, 0.25) is 0 Å². The lowest BCUT2D eigenvalue weighted by Gasteiger charge is -2.28. The van der Waals surface area contributed by atoms with E-state index in [4.69, 9.17) is 18.5 Å². The van der Waals surface area contributed by atoms with Crippen molar-refractivity contribution in [3.05, 3.63) is 33.1 Å². The molecule has 1 aliphatic heterocycles. The summed E-state index contributed by atoms with van der Waals surface area (Å²) in [6.07, 6.45) is -4.44. The monoisotopic (exact) mass is 490 g/mol. The van der Waals surface area contributed by atoms with Crippen molar-refractivity contribution in [2.75, 3.05) is 7.11 Å². The first-order valence-corrected chi connectivity index (χ1v) is 13.3. The van der Waals surface area contributed by atoms with E-state index >= 15 is 0 Å². The summed E-state index contributed by atoms with van der Waals surface area (Å²) >= 11 is 0.263. The predicted octanol–water partition coefficient (Wildman–Crippen LogP) is 0.574. The maximum absolute atomic E-state index is 12.4. The first kappa shape index (κ1) is 25.5. The predicted molar refractivity (Wildman–Crippen MR) is 106 cm³/mol. The van der Waals surface area contributed by atoms with Gasteiger partial charge in [0, 0.05) is 24.6 Å². The molecule has 2 rings (SSSR count). The van der Waals surface area contributed by atoms with Crippen molar-refractivity contribution in [2.24, 2.45) is 0 Å². The third-order valence-electron chi connectivity index (χ3n) is 3.99. The number of hydrogen-bond acceptors (Lipinski definition) is 9. The maximum atomic E-state index is 12.4. The molecule has 1 aromatic rings. The third kappa shape index (κ3) is 6.60. The number of methoxy groups -OCH3 is 1. The van der Waals surface area contributed by atoms with Crippen LogP contribution in [-0.2, 0) is 27.7 Å². The van der Waals surface area contributed by atoms with Gasteiger partial charge in [-0.25, -0.2) is 13.9 Å². The Bertz CT molecular complexity index is 944. The van der Waals surface area contributed by atoms with E-state index in [0.29, 0.717) is 0 Å². The Hall–Kier alpha value is -0.790. The van der Waals surface area contributed by atoms with E-state index < -0.39 is 61.8 Å². The van der Waals surface area contributed by atoms with Crippen LogP contribution in [0.25, 0.3) is 0 Å². The van der Waals surface area contributed by atoms with Gasteiger partial charge < -0.3 is 24.2 Å². The molecule has 1 fully saturated rings. The fraction of sp³-hybridized carbons (Fsp3) is 0.714. The molecule has 0 bridgehead atoms. The number of phosphoric acid groups is 1. The van der Waals surface area contributed by atoms with Crippen LogP contribution in [0.5, 0.6) is 0 Å². The van der Waals surface area contributed by atoms with Crippen LogP contribution in [0.15, 0.2) is 21.9 Å². The van der Waals surface area contributed by atoms with Crippen LogP contribution in [0.3, 0.4) is 0 Å². The summed E-state index contributed by atoms with van der Waals surface area (Å²) in [7, 11) is -3.38. The van der Waals surface area contributed by atoms with E-state index in [1.54, 1.807) is 0 Å². The number of H-pyrrole nitrogens is 1. The summed E-state index contributed by atoms with van der Waals surface area (Å²) in [6, 6.07) is 1.06. The Labute approximate surface area is 175 Å². The van der Waals surface area contributed by atoms with Gasteiger partial charge in [0.15, 0.2) is 6.23 Å². The van der Waals surface area contributed by atoms with E-state index in [2.05, 4.69) is 0 Å². The van der Waals surface area contributed by atoms with E-state index in [9.17, 15) is 33.4 Å². The zero-order valence-corrected chi connectivity index (χ0v) is 19.1. The lowest BCUT2D eigenvalue weighted by atomic mass is 10.1. The maximum Gasteiger partial charge on any atom is 0.472 e. The van der Waals surface area contributed by atoms with Gasteiger partial charge in [-0.2, -0.15) is 0 Å². The van der Waals surface area contributed by atoms with E-state index in [-0.39, 0.29) is 11.4 Å². The molecular formula is C14H24N2O11P2S. The van der Waals surface area contributed by atoms with E-state index in [1.807, 2.05) is 4.98 Å². The molecule has 4 N–H and O–H groups in total. The molecule has 16 heteroatoms. The molecule has 0 aromatic carbocycles. The fourth-order valence-electron chi connectivity index (χ4n) is 2.99. The second-order valence-electron chi connectivity index (χ2n) is 6.70. The summed E-state index contributed by atoms with van der Waals surface area (Å²) in [4.78, 5) is 54.2. The lowest BCUT2D eigenvalue weighted by molar-refractivity contribution is -0.0536. The average Bonchev–Trinajstić information content (AvgIpc) is 2.89. The van der Waals surface area contributed by atoms with Crippen molar-refractivity contribution >= 4 is 26.0 Å². The van der Waals surface area contributed by atoms with Gasteiger partial charge in [-0.05, 0) is 25.2 Å². The molecule has 30 heavy (non-hydrogen) atoms. The number of phosphoric ester groups is 1. The number of ether oxygens (including phenoxy) is 2. The number of aromatic amines is 1. The molecular weight excluding hydrogens is 466 g/mol. The highest BCUT2D eigenvalue weighted by Crippen LogP contribution is 2.56. The minimum absolute atomic E-state index is 0.263. The molecule has 2 heterocycles. The Kier molecular flexibility index (Phi) is 8.30. The van der Waals surface area contributed by atoms with Crippen molar-refractivity contribution in [1.29, 1.82) is 0 Å². The highest BCUT2D eigenvalue weighted by molar-refractivity contribution is 8.54. The van der Waals surface area contributed by atoms with Crippen molar-refractivity contribution in [3.8, 4) is 0 Å². The minimum Gasteiger partial charge on any atom is -0.374 e. The van der Waals surface area contributed by atoms with E-state index in [0.717, 1.165) is 16.8 Å². The number of nitrogens with zero attached hydrogens (tertiary/aromatic N) is 1. The van der Waals surface area contributed by atoms with Gasteiger partial charge in [0.2, 0.25) is 0 Å². The van der Waals surface area contributed by atoms with Crippen LogP contribution in [0, 0.1) is 0 Å². The van der Waals surface area contributed by atoms with Gasteiger partial charge in [0.25, 0.3) is 5.56 Å². The smallest absolute Gasteiger partial charge is 0.374 e. The lowest BCUT2D eigenvalue weighted by Crippen LogP contribution is -2.40. The van der Waals surface area contributed by atoms with Gasteiger partial charge in [0.1, 0.15) is 18.3 Å². The standard InChI is InChI=1S/C14H24N2O11P2S/c1-7(2)26-29(22,23)27-11-10(8(3)30-28(19,20)21)25-13(12(11)24-4)16-6-5-9(17)15-14(16)18/h5-8,10-13H,1-4H3,(H,22,23)(H,15,17,18)(H2,19,20,21)/t8?,10-,11?,12?,13-/m1/s1. The van der Waals surface area contributed by atoms with Gasteiger partial charge in [-0.1, -0.05) is 6.92 Å². The molecule has 4 unspecified atom stereocenters. The van der Waals surface area contributed by atoms with Crippen LogP contribution >= 0.6 is 26.0 Å². The van der Waals surface area contributed by atoms with Crippen molar-refractivity contribution in [3.63, 3.8) is 0 Å². The molecule has 0 spiro atoms. The van der Waals surface area contributed by atoms with Crippen LogP contribution in [0.4, 0.5) is 0 Å². The molecule has 1 aromatic heterocycles. The van der Waals surface area contributed by atoms with Crippen molar-refractivity contribution in [1.82, 2.24) is 9.55 Å². The first-order chi connectivity index (χ1) is 13.7. The van der Waals surface area contributed by atoms with Crippen molar-refractivity contribution in [2.45, 2.75) is 56.7 Å². The summed E-state index contributed by atoms with van der Waals surface area (Å²) in [6.45, 7) is -0.108. The normalized spacial score (nSPS) is 27.9. The Morgan fingerprint density at radius 3 is 2.33 bits per heavy atom.